The van der Waals surface area contributed by atoms with Gasteiger partial charge < -0.3 is 4.90 Å². The molecule has 0 aliphatic heterocycles. The standard InChI is InChI=1S/C13H16FN3S/c1-3-11-12(14)13(16-9-15-11)17(4-2)8-10-6-5-7-18-10/h5-7,9H,3-4,8H2,1-2H3. The number of rotatable bonds is 5. The molecule has 2 aromatic heterocycles. The molecule has 0 amide bonds. The highest BCUT2D eigenvalue weighted by atomic mass is 32.1. The van der Waals surface area contributed by atoms with Crippen LogP contribution >= 0.6 is 11.3 Å². The maximum absolute atomic E-state index is 14.2. The summed E-state index contributed by atoms with van der Waals surface area (Å²) in [7, 11) is 0. The number of halogens is 1. The van der Waals surface area contributed by atoms with Crippen LogP contribution in [0.5, 0.6) is 0 Å². The second-order valence-electron chi connectivity index (χ2n) is 3.91. The number of thiophene rings is 1. The van der Waals surface area contributed by atoms with Crippen LogP contribution in [0, 0.1) is 5.82 Å². The molecule has 0 saturated heterocycles. The lowest BCUT2D eigenvalue weighted by molar-refractivity contribution is 0.584. The highest BCUT2D eigenvalue weighted by molar-refractivity contribution is 7.09. The van der Waals surface area contributed by atoms with Crippen LogP contribution in [0.25, 0.3) is 0 Å². The summed E-state index contributed by atoms with van der Waals surface area (Å²) in [5, 5.41) is 2.02. The molecular formula is C13H16FN3S. The first-order valence-electron chi connectivity index (χ1n) is 6.03. The number of anilines is 1. The summed E-state index contributed by atoms with van der Waals surface area (Å²) in [5.41, 5.74) is 0.477. The van der Waals surface area contributed by atoms with Crippen LogP contribution in [0.15, 0.2) is 23.8 Å². The van der Waals surface area contributed by atoms with Crippen molar-refractivity contribution in [2.24, 2.45) is 0 Å². The molecule has 96 valence electrons. The van der Waals surface area contributed by atoms with E-state index in [0.29, 0.717) is 24.5 Å². The second kappa shape index (κ2) is 5.91. The zero-order valence-electron chi connectivity index (χ0n) is 10.6. The van der Waals surface area contributed by atoms with Crippen molar-refractivity contribution in [2.75, 3.05) is 11.4 Å². The lowest BCUT2D eigenvalue weighted by Crippen LogP contribution is -2.24. The van der Waals surface area contributed by atoms with Gasteiger partial charge in [-0.25, -0.2) is 14.4 Å². The van der Waals surface area contributed by atoms with E-state index in [4.69, 9.17) is 0 Å². The van der Waals surface area contributed by atoms with Gasteiger partial charge in [-0.3, -0.25) is 0 Å². The van der Waals surface area contributed by atoms with E-state index in [0.717, 1.165) is 6.54 Å². The first-order valence-corrected chi connectivity index (χ1v) is 6.90. The Kier molecular flexibility index (Phi) is 4.25. The molecule has 18 heavy (non-hydrogen) atoms. The molecule has 2 aromatic rings. The molecule has 0 radical (unpaired) electrons. The van der Waals surface area contributed by atoms with Crippen molar-refractivity contribution in [3.63, 3.8) is 0 Å². The third-order valence-electron chi connectivity index (χ3n) is 2.79. The maximum Gasteiger partial charge on any atom is 0.187 e. The fourth-order valence-corrected chi connectivity index (χ4v) is 2.51. The Balaban J connectivity index is 2.27. The minimum absolute atomic E-state index is 0.293. The summed E-state index contributed by atoms with van der Waals surface area (Å²) >= 11 is 1.67. The van der Waals surface area contributed by atoms with Crippen molar-refractivity contribution in [3.8, 4) is 0 Å². The Morgan fingerprint density at radius 1 is 1.33 bits per heavy atom. The van der Waals surface area contributed by atoms with Crippen LogP contribution in [-0.4, -0.2) is 16.5 Å². The molecule has 0 saturated carbocycles. The summed E-state index contributed by atoms with van der Waals surface area (Å²) in [5.74, 6) is 0.108. The number of aromatic nitrogens is 2. The summed E-state index contributed by atoms with van der Waals surface area (Å²) in [6.07, 6.45) is 2.02. The Morgan fingerprint density at radius 2 is 2.17 bits per heavy atom. The van der Waals surface area contributed by atoms with E-state index in [1.165, 1.54) is 11.2 Å². The Bertz CT molecular complexity index is 499. The van der Waals surface area contributed by atoms with Gasteiger partial charge in [0.05, 0.1) is 12.2 Å². The van der Waals surface area contributed by atoms with Crippen LogP contribution in [0.4, 0.5) is 10.2 Å². The van der Waals surface area contributed by atoms with E-state index in [1.54, 1.807) is 11.3 Å². The highest BCUT2D eigenvalue weighted by Crippen LogP contribution is 2.21. The number of nitrogens with zero attached hydrogens (tertiary/aromatic N) is 3. The van der Waals surface area contributed by atoms with E-state index in [-0.39, 0.29) is 5.82 Å². The second-order valence-corrected chi connectivity index (χ2v) is 4.94. The first kappa shape index (κ1) is 13.0. The summed E-state index contributed by atoms with van der Waals surface area (Å²) < 4.78 is 14.2. The zero-order valence-corrected chi connectivity index (χ0v) is 11.4. The Morgan fingerprint density at radius 3 is 2.78 bits per heavy atom. The molecule has 0 fully saturated rings. The monoisotopic (exact) mass is 265 g/mol. The molecular weight excluding hydrogens is 249 g/mol. The van der Waals surface area contributed by atoms with Gasteiger partial charge in [0.2, 0.25) is 0 Å². The molecule has 5 heteroatoms. The number of hydrogen-bond acceptors (Lipinski definition) is 4. The van der Waals surface area contributed by atoms with Gasteiger partial charge in [-0.1, -0.05) is 13.0 Å². The molecule has 0 aromatic carbocycles. The van der Waals surface area contributed by atoms with E-state index in [1.807, 2.05) is 36.3 Å². The average Bonchev–Trinajstić information content (AvgIpc) is 2.89. The summed E-state index contributed by atoms with van der Waals surface area (Å²) in [6, 6.07) is 4.05. The molecule has 0 bridgehead atoms. The lowest BCUT2D eigenvalue weighted by Gasteiger charge is -2.22. The quantitative estimate of drug-likeness (QED) is 0.831. The minimum Gasteiger partial charge on any atom is -0.349 e. The molecule has 0 N–H and O–H groups in total. The molecule has 2 rings (SSSR count). The SMILES string of the molecule is CCc1ncnc(N(CC)Cc2cccs2)c1F. The van der Waals surface area contributed by atoms with E-state index < -0.39 is 0 Å². The molecule has 0 atom stereocenters. The fraction of sp³-hybridized carbons (Fsp3) is 0.385. The molecule has 0 unspecified atom stereocenters. The molecule has 0 aliphatic carbocycles. The van der Waals surface area contributed by atoms with Crippen LogP contribution in [0.2, 0.25) is 0 Å². The minimum atomic E-state index is -0.293. The van der Waals surface area contributed by atoms with Crippen LogP contribution in [0.3, 0.4) is 0 Å². The smallest absolute Gasteiger partial charge is 0.187 e. The van der Waals surface area contributed by atoms with Crippen LogP contribution in [0.1, 0.15) is 24.4 Å². The Labute approximate surface area is 110 Å². The third-order valence-corrected chi connectivity index (χ3v) is 3.65. The topological polar surface area (TPSA) is 29.0 Å². The van der Waals surface area contributed by atoms with Crippen LogP contribution < -0.4 is 4.90 Å². The molecule has 3 nitrogen and oxygen atoms in total. The van der Waals surface area contributed by atoms with Gasteiger partial charge >= 0.3 is 0 Å². The average molecular weight is 265 g/mol. The largest absolute Gasteiger partial charge is 0.349 e. The first-order chi connectivity index (χ1) is 8.76. The predicted molar refractivity (Wildman–Crippen MR) is 72.4 cm³/mol. The van der Waals surface area contributed by atoms with E-state index in [9.17, 15) is 4.39 Å². The Hall–Kier alpha value is -1.49. The lowest BCUT2D eigenvalue weighted by atomic mass is 10.3. The van der Waals surface area contributed by atoms with Crippen molar-refractivity contribution >= 4 is 17.2 Å². The maximum atomic E-state index is 14.2. The predicted octanol–water partition coefficient (Wildman–Crippen LogP) is 3.27. The fourth-order valence-electron chi connectivity index (χ4n) is 1.79. The van der Waals surface area contributed by atoms with Gasteiger partial charge in [0.25, 0.3) is 0 Å². The number of aryl methyl sites for hydroxylation is 1. The summed E-state index contributed by atoms with van der Waals surface area (Å²) in [4.78, 5) is 11.2. The van der Waals surface area contributed by atoms with Gasteiger partial charge in [-0.2, -0.15) is 0 Å². The normalized spacial score (nSPS) is 10.6. The van der Waals surface area contributed by atoms with Crippen molar-refractivity contribution < 1.29 is 4.39 Å². The van der Waals surface area contributed by atoms with Crippen molar-refractivity contribution in [3.05, 3.63) is 40.2 Å². The molecule has 0 aliphatic rings. The van der Waals surface area contributed by atoms with Crippen molar-refractivity contribution in [2.45, 2.75) is 26.8 Å². The summed E-state index contributed by atoms with van der Waals surface area (Å²) in [6.45, 7) is 5.30. The third kappa shape index (κ3) is 2.67. The van der Waals surface area contributed by atoms with E-state index >= 15 is 0 Å². The zero-order chi connectivity index (χ0) is 13.0. The van der Waals surface area contributed by atoms with Gasteiger partial charge in [-0.15, -0.1) is 11.3 Å². The van der Waals surface area contributed by atoms with Crippen molar-refractivity contribution in [1.82, 2.24) is 9.97 Å². The van der Waals surface area contributed by atoms with Gasteiger partial charge in [-0.05, 0) is 24.8 Å². The highest BCUT2D eigenvalue weighted by Gasteiger charge is 2.15. The van der Waals surface area contributed by atoms with Gasteiger partial charge in [0.15, 0.2) is 11.6 Å². The number of hydrogen-bond donors (Lipinski definition) is 0. The van der Waals surface area contributed by atoms with Gasteiger partial charge in [0, 0.05) is 11.4 Å². The molecule has 2 heterocycles. The van der Waals surface area contributed by atoms with Gasteiger partial charge in [0.1, 0.15) is 6.33 Å². The van der Waals surface area contributed by atoms with E-state index in [2.05, 4.69) is 9.97 Å². The van der Waals surface area contributed by atoms with Crippen molar-refractivity contribution in [1.29, 1.82) is 0 Å². The van der Waals surface area contributed by atoms with Crippen LogP contribution in [-0.2, 0) is 13.0 Å². The molecule has 0 spiro atoms.